The second kappa shape index (κ2) is 10.1. The lowest BCUT2D eigenvalue weighted by atomic mass is 10.1. The first-order valence-electron chi connectivity index (χ1n) is 10.9. The van der Waals surface area contributed by atoms with Crippen molar-refractivity contribution in [2.45, 2.75) is 20.3 Å². The summed E-state index contributed by atoms with van der Waals surface area (Å²) in [4.78, 5) is 33.1. The Morgan fingerprint density at radius 2 is 1.85 bits per heavy atom. The Bertz CT molecular complexity index is 1090. The van der Waals surface area contributed by atoms with Crippen LogP contribution in [0.2, 0.25) is 0 Å². The maximum Gasteiger partial charge on any atom is 0.409 e. The topological polar surface area (TPSA) is 71.4 Å². The predicted molar refractivity (Wildman–Crippen MR) is 132 cm³/mol. The molecule has 0 radical (unpaired) electrons. The van der Waals surface area contributed by atoms with E-state index in [4.69, 9.17) is 9.47 Å². The van der Waals surface area contributed by atoms with Gasteiger partial charge < -0.3 is 14.4 Å². The van der Waals surface area contributed by atoms with Crippen LogP contribution in [0.1, 0.15) is 23.1 Å². The largest absolute Gasteiger partial charge is 0.497 e. The molecule has 1 fully saturated rings. The number of carbonyl (C=O) groups excluding carboxylic acids is 2. The van der Waals surface area contributed by atoms with Gasteiger partial charge in [-0.1, -0.05) is 30.0 Å². The molecule has 172 valence electrons. The maximum atomic E-state index is 13.4. The molecule has 0 aliphatic carbocycles. The van der Waals surface area contributed by atoms with Crippen molar-refractivity contribution < 1.29 is 19.1 Å². The molecule has 0 spiro atoms. The molecule has 4 rings (SSSR count). The van der Waals surface area contributed by atoms with Gasteiger partial charge in [0, 0.05) is 12.3 Å². The van der Waals surface area contributed by atoms with E-state index in [0.717, 1.165) is 40.3 Å². The third-order valence-electron chi connectivity index (χ3n) is 5.36. The summed E-state index contributed by atoms with van der Waals surface area (Å²) in [5.41, 5.74) is 4.25. The highest BCUT2D eigenvalue weighted by Gasteiger charge is 2.32. The Hall–Kier alpha value is -3.26. The minimum absolute atomic E-state index is 0.151. The summed E-state index contributed by atoms with van der Waals surface area (Å²) in [5, 5.41) is 0.647. The quantitative estimate of drug-likeness (QED) is 0.440. The molecule has 8 heteroatoms. The number of aryl methyl sites for hydroxylation is 2. The van der Waals surface area contributed by atoms with Crippen LogP contribution >= 0.6 is 11.8 Å². The number of benzene rings is 2. The first kappa shape index (κ1) is 22.9. The van der Waals surface area contributed by atoms with Gasteiger partial charge in [-0.2, -0.15) is 0 Å². The molecule has 0 unspecified atom stereocenters. The molecular formula is C25H27N3O4S. The number of rotatable bonds is 7. The number of aliphatic imine (C=N–C) groups is 1. The third kappa shape index (κ3) is 5.39. The zero-order valence-corrected chi connectivity index (χ0v) is 19.9. The molecule has 0 aromatic heterocycles. The Kier molecular flexibility index (Phi) is 7.03. The van der Waals surface area contributed by atoms with E-state index in [-0.39, 0.29) is 12.0 Å². The van der Waals surface area contributed by atoms with Crippen molar-refractivity contribution in [3.8, 4) is 5.75 Å². The molecular weight excluding hydrogens is 438 g/mol. The summed E-state index contributed by atoms with van der Waals surface area (Å²) in [6.07, 6.45) is 2.33. The monoisotopic (exact) mass is 465 g/mol. The smallest absolute Gasteiger partial charge is 0.409 e. The zero-order chi connectivity index (χ0) is 23.4. The van der Waals surface area contributed by atoms with E-state index in [2.05, 4.69) is 11.1 Å². The first-order chi connectivity index (χ1) is 15.9. The van der Waals surface area contributed by atoms with Gasteiger partial charge in [0.05, 0.1) is 19.3 Å². The van der Waals surface area contributed by atoms with Crippen LogP contribution in [0.25, 0.3) is 6.08 Å². The fourth-order valence-corrected chi connectivity index (χ4v) is 4.74. The molecule has 33 heavy (non-hydrogen) atoms. The second-order valence-corrected chi connectivity index (χ2v) is 9.05. The molecule has 7 nitrogen and oxygen atoms in total. The van der Waals surface area contributed by atoms with Crippen molar-refractivity contribution in [1.29, 1.82) is 0 Å². The van der Waals surface area contributed by atoms with Gasteiger partial charge in [0.1, 0.15) is 18.1 Å². The average molecular weight is 466 g/mol. The van der Waals surface area contributed by atoms with Crippen molar-refractivity contribution in [3.63, 3.8) is 0 Å². The van der Waals surface area contributed by atoms with Gasteiger partial charge in [-0.3, -0.25) is 9.69 Å². The Labute approximate surface area is 198 Å². The number of hydrogen-bond acceptors (Lipinski definition) is 6. The number of methoxy groups -OCH3 is 1. The third-order valence-corrected chi connectivity index (χ3v) is 6.39. The lowest BCUT2D eigenvalue weighted by Crippen LogP contribution is -2.31. The summed E-state index contributed by atoms with van der Waals surface area (Å²) in [7, 11) is 1.62. The van der Waals surface area contributed by atoms with Crippen molar-refractivity contribution in [2.24, 2.45) is 4.99 Å². The summed E-state index contributed by atoms with van der Waals surface area (Å²) >= 11 is 1.52. The Morgan fingerprint density at radius 3 is 2.48 bits per heavy atom. The minimum Gasteiger partial charge on any atom is -0.497 e. The highest BCUT2D eigenvalue weighted by Crippen LogP contribution is 2.31. The van der Waals surface area contributed by atoms with E-state index in [1.54, 1.807) is 23.0 Å². The molecule has 0 saturated carbocycles. The molecule has 1 saturated heterocycles. The number of hydrogen-bond donors (Lipinski definition) is 0. The molecule has 0 atom stereocenters. The van der Waals surface area contributed by atoms with E-state index in [0.29, 0.717) is 30.6 Å². The van der Waals surface area contributed by atoms with E-state index in [1.165, 1.54) is 11.8 Å². The molecule has 2 aromatic rings. The van der Waals surface area contributed by atoms with Gasteiger partial charge >= 0.3 is 6.09 Å². The minimum atomic E-state index is -0.255. The van der Waals surface area contributed by atoms with Crippen LogP contribution in [0.4, 0.5) is 10.5 Å². The first-order valence-corrected chi connectivity index (χ1v) is 11.8. The molecule has 2 aliphatic rings. The van der Waals surface area contributed by atoms with Crippen LogP contribution in [0.15, 0.2) is 53.2 Å². The molecule has 0 bridgehead atoms. The highest BCUT2D eigenvalue weighted by atomic mass is 32.2. The van der Waals surface area contributed by atoms with E-state index in [9.17, 15) is 9.59 Å². The van der Waals surface area contributed by atoms with Gasteiger partial charge in [-0.15, -0.1) is 0 Å². The average Bonchev–Trinajstić information content (AvgIpc) is 3.33. The van der Waals surface area contributed by atoms with Crippen LogP contribution in [-0.2, 0) is 9.53 Å². The van der Waals surface area contributed by atoms with Gasteiger partial charge in [-0.25, -0.2) is 9.79 Å². The summed E-state index contributed by atoms with van der Waals surface area (Å²) in [5.74, 6) is 1.34. The van der Waals surface area contributed by atoms with Crippen molar-refractivity contribution >= 4 is 40.7 Å². The van der Waals surface area contributed by atoms with Crippen molar-refractivity contribution in [2.75, 3.05) is 37.5 Å². The SMILES string of the molecule is COc1ccc(/C=C2\N=C(SCCCN3CCOC3=O)N(c3cc(C)cc(C)c3)C2=O)cc1. The lowest BCUT2D eigenvalue weighted by molar-refractivity contribution is -0.113. The van der Waals surface area contributed by atoms with E-state index in [1.807, 2.05) is 50.2 Å². The van der Waals surface area contributed by atoms with Crippen LogP contribution in [0.3, 0.4) is 0 Å². The number of amides is 2. The number of anilines is 1. The highest BCUT2D eigenvalue weighted by molar-refractivity contribution is 8.14. The van der Waals surface area contributed by atoms with Gasteiger partial charge in [0.2, 0.25) is 0 Å². The van der Waals surface area contributed by atoms with Crippen LogP contribution < -0.4 is 9.64 Å². The van der Waals surface area contributed by atoms with Gasteiger partial charge in [0.15, 0.2) is 5.17 Å². The number of nitrogens with zero attached hydrogens (tertiary/aromatic N) is 3. The van der Waals surface area contributed by atoms with E-state index >= 15 is 0 Å². The number of carbonyl (C=O) groups is 2. The number of thioether (sulfide) groups is 1. The summed E-state index contributed by atoms with van der Waals surface area (Å²) in [6, 6.07) is 13.6. The van der Waals surface area contributed by atoms with Gasteiger partial charge in [-0.05, 0) is 67.3 Å². The normalized spacial score (nSPS) is 17.1. The maximum absolute atomic E-state index is 13.4. The Morgan fingerprint density at radius 1 is 1.12 bits per heavy atom. The number of cyclic esters (lactones) is 1. The lowest BCUT2D eigenvalue weighted by Gasteiger charge is -2.19. The zero-order valence-electron chi connectivity index (χ0n) is 19.0. The van der Waals surface area contributed by atoms with Crippen LogP contribution in [-0.4, -0.2) is 54.6 Å². The number of amidine groups is 1. The fraction of sp³-hybridized carbons (Fsp3) is 0.320. The molecule has 2 amide bonds. The molecule has 2 aromatic carbocycles. The predicted octanol–water partition coefficient (Wildman–Crippen LogP) is 4.63. The summed E-state index contributed by atoms with van der Waals surface area (Å²) < 4.78 is 10.2. The van der Waals surface area contributed by atoms with E-state index < -0.39 is 0 Å². The van der Waals surface area contributed by atoms with Crippen LogP contribution in [0.5, 0.6) is 5.75 Å². The van der Waals surface area contributed by atoms with Crippen molar-refractivity contribution in [1.82, 2.24) is 4.90 Å². The molecule has 2 aliphatic heterocycles. The Balaban J connectivity index is 1.55. The van der Waals surface area contributed by atoms with Crippen LogP contribution in [0, 0.1) is 13.8 Å². The van der Waals surface area contributed by atoms with Gasteiger partial charge in [0.25, 0.3) is 5.91 Å². The molecule has 2 heterocycles. The summed E-state index contributed by atoms with van der Waals surface area (Å²) in [6.45, 7) is 5.75. The van der Waals surface area contributed by atoms with Crippen molar-refractivity contribution in [3.05, 3.63) is 64.9 Å². The second-order valence-electron chi connectivity index (χ2n) is 7.99. The molecule has 0 N–H and O–H groups in total. The number of ether oxygens (including phenoxy) is 2. The standard InChI is InChI=1S/C25H27N3O4S/c1-17-13-18(2)15-20(14-17)28-23(29)22(16-19-5-7-21(31-3)8-6-19)26-24(28)33-12-4-9-27-10-11-32-25(27)30/h5-8,13-16H,4,9-12H2,1-3H3/b22-16-. The fourth-order valence-electron chi connectivity index (χ4n) is 3.81.